The number of rotatable bonds is 5. The molecule has 35 heavy (non-hydrogen) atoms. The van der Waals surface area contributed by atoms with Crippen molar-refractivity contribution in [1.29, 1.82) is 0 Å². The number of hydrogen-bond donors (Lipinski definition) is 2. The minimum atomic E-state index is -0.934. The number of alkyl carbamates (subject to hydrolysis) is 1. The third kappa shape index (κ3) is 4.64. The molecular weight excluding hydrogens is 444 g/mol. The summed E-state index contributed by atoms with van der Waals surface area (Å²) in [5, 5.41) is 12.5. The van der Waals surface area contributed by atoms with Gasteiger partial charge in [0.2, 0.25) is 5.91 Å². The minimum absolute atomic E-state index is 0.0000903. The first kappa shape index (κ1) is 23.4. The van der Waals surface area contributed by atoms with Gasteiger partial charge in [-0.25, -0.2) is 9.59 Å². The molecule has 0 bridgehead atoms. The highest BCUT2D eigenvalue weighted by Gasteiger charge is 2.40. The van der Waals surface area contributed by atoms with E-state index in [0.717, 1.165) is 17.5 Å². The number of aliphatic carboxylic acids is 1. The number of ether oxygens (including phenoxy) is 1. The number of carboxylic acids is 1. The summed E-state index contributed by atoms with van der Waals surface area (Å²) in [4.78, 5) is 39.0. The van der Waals surface area contributed by atoms with Crippen molar-refractivity contribution in [3.63, 3.8) is 0 Å². The maximum atomic E-state index is 13.1. The highest BCUT2D eigenvalue weighted by atomic mass is 16.5. The Morgan fingerprint density at radius 2 is 1.63 bits per heavy atom. The predicted octanol–water partition coefficient (Wildman–Crippen LogP) is 4.41. The Kier molecular flexibility index (Phi) is 6.50. The topological polar surface area (TPSA) is 95.9 Å². The van der Waals surface area contributed by atoms with E-state index in [4.69, 9.17) is 4.74 Å². The smallest absolute Gasteiger partial charge is 0.407 e. The number of benzene rings is 2. The van der Waals surface area contributed by atoms with Gasteiger partial charge < -0.3 is 20.1 Å². The SMILES string of the molecule is CC1CCC(C(=O)O)N(C(=O)C2CCC(NC(=O)OCC3c4ccccc4-c4ccccc43)C2)C1. The lowest BCUT2D eigenvalue weighted by Crippen LogP contribution is -2.52. The summed E-state index contributed by atoms with van der Waals surface area (Å²) < 4.78 is 5.65. The first-order valence-corrected chi connectivity index (χ1v) is 12.6. The van der Waals surface area contributed by atoms with Crippen molar-refractivity contribution < 1.29 is 24.2 Å². The molecule has 2 aromatic carbocycles. The Labute approximate surface area is 205 Å². The van der Waals surface area contributed by atoms with Gasteiger partial charge in [-0.05, 0) is 60.3 Å². The number of likely N-dealkylation sites (tertiary alicyclic amines) is 1. The Bertz CT molecular complexity index is 1090. The van der Waals surface area contributed by atoms with Crippen LogP contribution in [-0.2, 0) is 14.3 Å². The molecule has 4 unspecified atom stereocenters. The first-order chi connectivity index (χ1) is 16.9. The third-order valence-corrected chi connectivity index (χ3v) is 7.83. The maximum Gasteiger partial charge on any atom is 0.407 e. The molecule has 0 radical (unpaired) electrons. The van der Waals surface area contributed by atoms with Crippen molar-refractivity contribution in [1.82, 2.24) is 10.2 Å². The predicted molar refractivity (Wildman–Crippen MR) is 131 cm³/mol. The summed E-state index contributed by atoms with van der Waals surface area (Å²) >= 11 is 0. The number of amides is 2. The lowest BCUT2D eigenvalue weighted by Gasteiger charge is -2.37. The number of carbonyl (C=O) groups is 3. The van der Waals surface area contributed by atoms with Crippen LogP contribution in [0.5, 0.6) is 0 Å². The molecule has 2 aromatic rings. The molecule has 1 saturated heterocycles. The highest BCUT2D eigenvalue weighted by molar-refractivity contribution is 5.85. The number of nitrogens with one attached hydrogen (secondary N) is 1. The van der Waals surface area contributed by atoms with Crippen molar-refractivity contribution in [3.8, 4) is 11.1 Å². The van der Waals surface area contributed by atoms with Crippen LogP contribution in [0.25, 0.3) is 11.1 Å². The second kappa shape index (κ2) is 9.72. The molecule has 0 aromatic heterocycles. The van der Waals surface area contributed by atoms with Crippen LogP contribution in [0, 0.1) is 11.8 Å². The van der Waals surface area contributed by atoms with Gasteiger partial charge in [-0.15, -0.1) is 0 Å². The molecule has 0 spiro atoms. The maximum absolute atomic E-state index is 13.1. The van der Waals surface area contributed by atoms with E-state index < -0.39 is 18.1 Å². The highest BCUT2D eigenvalue weighted by Crippen LogP contribution is 2.44. The molecule has 2 fully saturated rings. The fourth-order valence-electron chi connectivity index (χ4n) is 6.03. The average molecular weight is 477 g/mol. The lowest BCUT2D eigenvalue weighted by atomic mass is 9.92. The number of carbonyl (C=O) groups excluding carboxylic acids is 2. The zero-order chi connectivity index (χ0) is 24.5. The molecule has 7 heteroatoms. The molecule has 3 aliphatic rings. The van der Waals surface area contributed by atoms with Crippen molar-refractivity contribution in [2.24, 2.45) is 11.8 Å². The Balaban J connectivity index is 1.16. The van der Waals surface area contributed by atoms with E-state index in [1.165, 1.54) is 11.1 Å². The molecule has 1 saturated carbocycles. The summed E-state index contributed by atoms with van der Waals surface area (Å²) in [6.45, 7) is 2.78. The molecule has 7 nitrogen and oxygen atoms in total. The quantitative estimate of drug-likeness (QED) is 0.667. The molecule has 2 amide bonds. The standard InChI is InChI=1S/C28H32N2O5/c1-17-10-13-25(27(32)33)30(15-17)26(31)18-11-12-19(14-18)29-28(34)35-16-24-22-8-4-2-6-20(22)21-7-3-5-9-23(21)24/h2-9,17-19,24-25H,10-16H2,1H3,(H,29,34)(H,32,33). The van der Waals surface area contributed by atoms with E-state index in [-0.39, 0.29) is 30.4 Å². The van der Waals surface area contributed by atoms with Gasteiger partial charge in [-0.3, -0.25) is 4.79 Å². The molecule has 5 rings (SSSR count). The Hall–Kier alpha value is -3.35. The molecular formula is C28H32N2O5. The van der Waals surface area contributed by atoms with Crippen LogP contribution in [0.4, 0.5) is 4.79 Å². The summed E-state index contributed by atoms with van der Waals surface area (Å²) in [6.07, 6.45) is 2.68. The van der Waals surface area contributed by atoms with Gasteiger partial charge in [0.05, 0.1) is 0 Å². The minimum Gasteiger partial charge on any atom is -0.480 e. The summed E-state index contributed by atoms with van der Waals surface area (Å²) in [7, 11) is 0. The lowest BCUT2D eigenvalue weighted by molar-refractivity contribution is -0.155. The van der Waals surface area contributed by atoms with Crippen LogP contribution >= 0.6 is 0 Å². The number of piperidine rings is 1. The molecule has 4 atom stereocenters. The van der Waals surface area contributed by atoms with E-state index in [1.54, 1.807) is 4.90 Å². The van der Waals surface area contributed by atoms with Crippen molar-refractivity contribution in [2.75, 3.05) is 13.2 Å². The zero-order valence-corrected chi connectivity index (χ0v) is 20.0. The fraction of sp³-hybridized carbons (Fsp3) is 0.464. The number of hydrogen-bond acceptors (Lipinski definition) is 4. The van der Waals surface area contributed by atoms with Crippen molar-refractivity contribution in [3.05, 3.63) is 59.7 Å². The molecule has 1 heterocycles. The molecule has 2 aliphatic carbocycles. The van der Waals surface area contributed by atoms with E-state index >= 15 is 0 Å². The average Bonchev–Trinajstić information content (AvgIpc) is 3.44. The summed E-state index contributed by atoms with van der Waals surface area (Å²) in [6, 6.07) is 15.5. The van der Waals surface area contributed by atoms with Crippen molar-refractivity contribution in [2.45, 2.75) is 57.0 Å². The van der Waals surface area contributed by atoms with Gasteiger partial charge in [0.15, 0.2) is 0 Å². The van der Waals surface area contributed by atoms with Gasteiger partial charge in [-0.2, -0.15) is 0 Å². The van der Waals surface area contributed by atoms with Crippen LogP contribution in [0.2, 0.25) is 0 Å². The first-order valence-electron chi connectivity index (χ1n) is 12.6. The van der Waals surface area contributed by atoms with Gasteiger partial charge in [0.25, 0.3) is 0 Å². The van der Waals surface area contributed by atoms with Crippen LogP contribution in [0.15, 0.2) is 48.5 Å². The normalized spacial score (nSPS) is 25.6. The summed E-state index contributed by atoms with van der Waals surface area (Å²) in [5.74, 6) is -0.996. The largest absolute Gasteiger partial charge is 0.480 e. The van der Waals surface area contributed by atoms with Crippen LogP contribution in [-0.4, -0.2) is 53.2 Å². The van der Waals surface area contributed by atoms with Crippen LogP contribution < -0.4 is 5.32 Å². The second-order valence-electron chi connectivity index (χ2n) is 10.2. The molecule has 1 aliphatic heterocycles. The van der Waals surface area contributed by atoms with Crippen LogP contribution in [0.3, 0.4) is 0 Å². The second-order valence-corrected chi connectivity index (χ2v) is 10.2. The van der Waals surface area contributed by atoms with E-state index in [0.29, 0.717) is 38.1 Å². The number of carboxylic acid groups (broad SMARTS) is 1. The number of nitrogens with zero attached hydrogens (tertiary/aromatic N) is 1. The third-order valence-electron chi connectivity index (χ3n) is 7.83. The molecule has 2 N–H and O–H groups in total. The van der Waals surface area contributed by atoms with Crippen LogP contribution in [0.1, 0.15) is 56.1 Å². The zero-order valence-electron chi connectivity index (χ0n) is 20.0. The fourth-order valence-corrected chi connectivity index (χ4v) is 6.03. The van der Waals surface area contributed by atoms with E-state index in [2.05, 4.69) is 36.5 Å². The summed E-state index contributed by atoms with van der Waals surface area (Å²) in [5.41, 5.74) is 4.69. The van der Waals surface area contributed by atoms with E-state index in [1.807, 2.05) is 24.3 Å². The Morgan fingerprint density at radius 1 is 0.971 bits per heavy atom. The van der Waals surface area contributed by atoms with Crippen molar-refractivity contribution >= 4 is 18.0 Å². The number of fused-ring (bicyclic) bond motifs is 3. The van der Waals surface area contributed by atoms with Gasteiger partial charge in [0, 0.05) is 24.4 Å². The van der Waals surface area contributed by atoms with Gasteiger partial charge in [0.1, 0.15) is 12.6 Å². The van der Waals surface area contributed by atoms with Gasteiger partial charge in [-0.1, -0.05) is 55.5 Å². The monoisotopic (exact) mass is 476 g/mol. The molecule has 184 valence electrons. The van der Waals surface area contributed by atoms with Gasteiger partial charge >= 0.3 is 12.1 Å². The van der Waals surface area contributed by atoms with E-state index in [9.17, 15) is 19.5 Å². The Morgan fingerprint density at radius 3 is 2.29 bits per heavy atom.